The van der Waals surface area contributed by atoms with Crippen molar-refractivity contribution in [2.24, 2.45) is 0 Å². The molecule has 0 radical (unpaired) electrons. The minimum absolute atomic E-state index is 0.601. The summed E-state index contributed by atoms with van der Waals surface area (Å²) in [5.41, 5.74) is 1.36. The van der Waals surface area contributed by atoms with Crippen LogP contribution in [0.25, 0.3) is 0 Å². The fourth-order valence-corrected chi connectivity index (χ4v) is 1.47. The lowest BCUT2D eigenvalue weighted by atomic mass is 10.2. The lowest BCUT2D eigenvalue weighted by Gasteiger charge is -2.08. The van der Waals surface area contributed by atoms with Gasteiger partial charge in [-0.25, -0.2) is 4.98 Å². The molecule has 2 rings (SSSR count). The van der Waals surface area contributed by atoms with Crippen molar-refractivity contribution in [2.45, 2.75) is 0 Å². The maximum Gasteiger partial charge on any atom is 0.132 e. The molecule has 0 aliphatic rings. The topological polar surface area (TPSA) is 60.7 Å². The Morgan fingerprint density at radius 2 is 1.82 bits per heavy atom. The van der Waals surface area contributed by atoms with E-state index >= 15 is 0 Å². The van der Waals surface area contributed by atoms with Gasteiger partial charge in [0.25, 0.3) is 0 Å². The summed E-state index contributed by atoms with van der Waals surface area (Å²) in [7, 11) is 1.81. The van der Waals surface area contributed by atoms with Gasteiger partial charge in [-0.3, -0.25) is 0 Å². The first kappa shape index (κ1) is 11.0. The number of nitrogens with zero attached hydrogens (tertiary/aromatic N) is 2. The molecule has 0 spiro atoms. The van der Waals surface area contributed by atoms with E-state index in [4.69, 9.17) is 5.26 Å². The van der Waals surface area contributed by atoms with E-state index in [1.165, 1.54) is 0 Å². The van der Waals surface area contributed by atoms with Crippen molar-refractivity contribution in [1.82, 2.24) is 4.98 Å². The van der Waals surface area contributed by atoms with Gasteiger partial charge in [0.2, 0.25) is 0 Å². The van der Waals surface area contributed by atoms with Crippen molar-refractivity contribution in [3.05, 3.63) is 48.0 Å². The molecule has 0 atom stereocenters. The highest BCUT2D eigenvalue weighted by Crippen LogP contribution is 2.19. The summed E-state index contributed by atoms with van der Waals surface area (Å²) in [4.78, 5) is 4.33. The van der Waals surface area contributed by atoms with Crippen LogP contribution >= 0.6 is 0 Å². The van der Waals surface area contributed by atoms with Gasteiger partial charge in [0.1, 0.15) is 17.7 Å². The van der Waals surface area contributed by atoms with Gasteiger partial charge in [-0.05, 0) is 24.3 Å². The number of pyridine rings is 1. The molecular weight excluding hydrogens is 212 g/mol. The second-order valence-electron chi connectivity index (χ2n) is 3.44. The third-order valence-corrected chi connectivity index (χ3v) is 2.32. The number of hydrogen-bond acceptors (Lipinski definition) is 4. The van der Waals surface area contributed by atoms with E-state index in [9.17, 15) is 0 Å². The third kappa shape index (κ3) is 2.52. The average Bonchev–Trinajstić information content (AvgIpc) is 2.39. The maximum atomic E-state index is 8.97. The van der Waals surface area contributed by atoms with E-state index in [2.05, 4.69) is 21.7 Å². The predicted molar refractivity (Wildman–Crippen MR) is 68.2 cm³/mol. The Kier molecular flexibility index (Phi) is 3.22. The van der Waals surface area contributed by atoms with Gasteiger partial charge in [-0.15, -0.1) is 0 Å². The van der Waals surface area contributed by atoms with Crippen LogP contribution in [0, 0.1) is 11.3 Å². The molecule has 0 bridgehead atoms. The van der Waals surface area contributed by atoms with Gasteiger partial charge in [-0.1, -0.05) is 18.2 Å². The van der Waals surface area contributed by atoms with Gasteiger partial charge in [0.05, 0.1) is 11.3 Å². The van der Waals surface area contributed by atoms with E-state index in [-0.39, 0.29) is 0 Å². The van der Waals surface area contributed by atoms with Crippen LogP contribution in [-0.4, -0.2) is 12.0 Å². The number of anilines is 3. The molecule has 0 fully saturated rings. The van der Waals surface area contributed by atoms with E-state index in [1.807, 2.05) is 43.4 Å². The second kappa shape index (κ2) is 4.99. The van der Waals surface area contributed by atoms with Gasteiger partial charge in [-0.2, -0.15) is 5.26 Å². The molecule has 2 aromatic rings. The molecule has 4 nitrogen and oxygen atoms in total. The summed E-state index contributed by atoms with van der Waals surface area (Å²) in [6.45, 7) is 0. The largest absolute Gasteiger partial charge is 0.373 e. The van der Waals surface area contributed by atoms with Gasteiger partial charge in [0.15, 0.2) is 0 Å². The number of hydrogen-bond donors (Lipinski definition) is 2. The number of rotatable bonds is 3. The van der Waals surface area contributed by atoms with Crippen LogP contribution < -0.4 is 10.6 Å². The minimum Gasteiger partial charge on any atom is -0.373 e. The van der Waals surface area contributed by atoms with Gasteiger partial charge in [0, 0.05) is 7.05 Å². The monoisotopic (exact) mass is 224 g/mol. The zero-order chi connectivity index (χ0) is 12.1. The molecule has 0 saturated heterocycles. The summed E-state index contributed by atoms with van der Waals surface area (Å²) in [6, 6.07) is 15.1. The quantitative estimate of drug-likeness (QED) is 0.841. The van der Waals surface area contributed by atoms with Gasteiger partial charge < -0.3 is 10.6 Å². The summed E-state index contributed by atoms with van der Waals surface area (Å²) in [6.07, 6.45) is 0. The Morgan fingerprint density at radius 3 is 2.59 bits per heavy atom. The molecule has 0 aliphatic heterocycles. The number of nitriles is 1. The van der Waals surface area contributed by atoms with Crippen LogP contribution in [0.1, 0.15) is 5.56 Å². The standard InChI is InChI=1S/C13H12N4/c1-15-12-7-4-8-13(17-12)16-11-6-3-2-5-10(11)9-14/h2-8H,1H3,(H2,15,16,17). The Bertz CT molecular complexity index is 557. The van der Waals surface area contributed by atoms with Crippen molar-refractivity contribution in [3.8, 4) is 6.07 Å². The van der Waals surface area contributed by atoms with Crippen LogP contribution in [0.3, 0.4) is 0 Å². The SMILES string of the molecule is CNc1cccc(Nc2ccccc2C#N)n1. The molecule has 0 amide bonds. The van der Waals surface area contributed by atoms with E-state index < -0.39 is 0 Å². The predicted octanol–water partition coefficient (Wildman–Crippen LogP) is 2.74. The number of para-hydroxylation sites is 1. The Hall–Kier alpha value is -2.54. The average molecular weight is 224 g/mol. The first-order chi connectivity index (χ1) is 8.33. The molecular formula is C13H12N4. The maximum absolute atomic E-state index is 8.97. The molecule has 1 aromatic heterocycles. The number of aromatic nitrogens is 1. The molecule has 17 heavy (non-hydrogen) atoms. The van der Waals surface area contributed by atoms with Crippen molar-refractivity contribution >= 4 is 17.3 Å². The van der Waals surface area contributed by atoms with E-state index in [1.54, 1.807) is 6.07 Å². The first-order valence-electron chi connectivity index (χ1n) is 5.24. The first-order valence-corrected chi connectivity index (χ1v) is 5.24. The summed E-state index contributed by atoms with van der Waals surface area (Å²) in [5, 5.41) is 15.1. The molecule has 1 aromatic carbocycles. The normalized spacial score (nSPS) is 9.41. The van der Waals surface area contributed by atoms with Crippen LogP contribution in [-0.2, 0) is 0 Å². The van der Waals surface area contributed by atoms with Crippen LogP contribution in [0.5, 0.6) is 0 Å². The zero-order valence-electron chi connectivity index (χ0n) is 9.44. The summed E-state index contributed by atoms with van der Waals surface area (Å²) >= 11 is 0. The van der Waals surface area contributed by atoms with Crippen molar-refractivity contribution < 1.29 is 0 Å². The lowest BCUT2D eigenvalue weighted by Crippen LogP contribution is -1.98. The van der Waals surface area contributed by atoms with Crippen LogP contribution in [0.15, 0.2) is 42.5 Å². The fraction of sp³-hybridized carbons (Fsp3) is 0.0769. The van der Waals surface area contributed by atoms with Gasteiger partial charge >= 0.3 is 0 Å². The molecule has 4 heteroatoms. The highest BCUT2D eigenvalue weighted by molar-refractivity contribution is 5.65. The molecule has 84 valence electrons. The van der Waals surface area contributed by atoms with Crippen LogP contribution in [0.2, 0.25) is 0 Å². The lowest BCUT2D eigenvalue weighted by molar-refractivity contribution is 1.27. The van der Waals surface area contributed by atoms with E-state index in [0.29, 0.717) is 11.4 Å². The van der Waals surface area contributed by atoms with Crippen molar-refractivity contribution in [3.63, 3.8) is 0 Å². The minimum atomic E-state index is 0.601. The smallest absolute Gasteiger partial charge is 0.132 e. The highest BCUT2D eigenvalue weighted by Gasteiger charge is 2.02. The molecule has 0 aliphatic carbocycles. The molecule has 2 N–H and O–H groups in total. The second-order valence-corrected chi connectivity index (χ2v) is 3.44. The molecule has 1 heterocycles. The molecule has 0 unspecified atom stereocenters. The summed E-state index contributed by atoms with van der Waals surface area (Å²) in [5.74, 6) is 1.49. The van der Waals surface area contributed by atoms with Crippen LogP contribution in [0.4, 0.5) is 17.3 Å². The Labute approximate surface area is 99.9 Å². The third-order valence-electron chi connectivity index (χ3n) is 2.32. The zero-order valence-corrected chi connectivity index (χ0v) is 9.44. The number of benzene rings is 1. The number of nitrogens with one attached hydrogen (secondary N) is 2. The van der Waals surface area contributed by atoms with E-state index in [0.717, 1.165) is 11.5 Å². The highest BCUT2D eigenvalue weighted by atomic mass is 15.1. The Balaban J connectivity index is 2.28. The molecule has 0 saturated carbocycles. The van der Waals surface area contributed by atoms with Crippen molar-refractivity contribution in [1.29, 1.82) is 5.26 Å². The summed E-state index contributed by atoms with van der Waals surface area (Å²) < 4.78 is 0. The fourth-order valence-electron chi connectivity index (χ4n) is 1.47. The Morgan fingerprint density at radius 1 is 1.06 bits per heavy atom. The van der Waals surface area contributed by atoms with Crippen molar-refractivity contribution in [2.75, 3.05) is 17.7 Å².